The summed E-state index contributed by atoms with van der Waals surface area (Å²) in [6, 6.07) is 8.52. The third kappa shape index (κ3) is 3.75. The Morgan fingerprint density at radius 3 is 3.10 bits per heavy atom. The van der Waals surface area contributed by atoms with Gasteiger partial charge in [0.15, 0.2) is 4.34 Å². The van der Waals surface area contributed by atoms with Gasteiger partial charge in [0, 0.05) is 5.75 Å². The minimum Gasteiger partial charge on any atom is -0.466 e. The van der Waals surface area contributed by atoms with E-state index in [0.29, 0.717) is 5.19 Å². The van der Waals surface area contributed by atoms with Crippen LogP contribution in [-0.2, 0) is 11.2 Å². The van der Waals surface area contributed by atoms with E-state index in [-0.39, 0.29) is 12.2 Å². The van der Waals surface area contributed by atoms with Crippen LogP contribution in [0.1, 0.15) is 31.1 Å². The van der Waals surface area contributed by atoms with E-state index in [1.165, 1.54) is 22.5 Å². The number of hydrogen-bond acceptors (Lipinski definition) is 6. The summed E-state index contributed by atoms with van der Waals surface area (Å²) in [4.78, 5) is 0. The second kappa shape index (κ2) is 6.77. The first-order chi connectivity index (χ1) is 10.2. The van der Waals surface area contributed by atoms with Crippen LogP contribution in [0.3, 0.4) is 0 Å². The summed E-state index contributed by atoms with van der Waals surface area (Å²) in [5, 5.41) is 8.85. The molecule has 0 saturated carbocycles. The Hall–Kier alpha value is -1.11. The van der Waals surface area contributed by atoms with Gasteiger partial charge in [0.1, 0.15) is 0 Å². The molecule has 3 rings (SSSR count). The van der Waals surface area contributed by atoms with Crippen LogP contribution < -0.4 is 4.74 Å². The second-order valence-corrected chi connectivity index (χ2v) is 7.33. The van der Waals surface area contributed by atoms with Gasteiger partial charge in [0.2, 0.25) is 0 Å². The summed E-state index contributed by atoms with van der Waals surface area (Å²) in [5.74, 6) is 0.854. The molecule has 4 nitrogen and oxygen atoms in total. The van der Waals surface area contributed by atoms with E-state index in [4.69, 9.17) is 9.47 Å². The van der Waals surface area contributed by atoms with Gasteiger partial charge < -0.3 is 9.47 Å². The first kappa shape index (κ1) is 14.8. The lowest BCUT2D eigenvalue weighted by atomic mass is 9.99. The van der Waals surface area contributed by atoms with Gasteiger partial charge in [-0.3, -0.25) is 0 Å². The third-order valence-corrected chi connectivity index (χ3v) is 5.19. The second-order valence-electron chi connectivity index (χ2n) is 5.12. The summed E-state index contributed by atoms with van der Waals surface area (Å²) < 4.78 is 12.4. The maximum absolute atomic E-state index is 5.90. The van der Waals surface area contributed by atoms with Gasteiger partial charge in [0.05, 0.1) is 18.8 Å². The van der Waals surface area contributed by atoms with Crippen molar-refractivity contribution in [3.8, 4) is 5.19 Å². The van der Waals surface area contributed by atoms with Gasteiger partial charge in [-0.05, 0) is 42.7 Å². The number of nitrogens with zero attached hydrogens (tertiary/aromatic N) is 2. The van der Waals surface area contributed by atoms with Crippen molar-refractivity contribution >= 4 is 23.1 Å². The van der Waals surface area contributed by atoms with E-state index >= 15 is 0 Å². The molecule has 112 valence electrons. The molecule has 0 amide bonds. The van der Waals surface area contributed by atoms with E-state index in [1.807, 2.05) is 13.8 Å². The molecule has 2 heterocycles. The highest BCUT2D eigenvalue weighted by Crippen LogP contribution is 2.34. The molecular formula is C15H18N2O2S2. The van der Waals surface area contributed by atoms with Crippen LogP contribution in [0.15, 0.2) is 28.6 Å². The summed E-state index contributed by atoms with van der Waals surface area (Å²) in [5.41, 5.74) is 2.70. The van der Waals surface area contributed by atoms with Crippen molar-refractivity contribution in [3.05, 3.63) is 35.4 Å². The van der Waals surface area contributed by atoms with Crippen molar-refractivity contribution in [2.24, 2.45) is 0 Å². The minimum absolute atomic E-state index is 0.129. The van der Waals surface area contributed by atoms with Gasteiger partial charge in [-0.15, -0.1) is 5.10 Å². The largest absolute Gasteiger partial charge is 0.466 e. The van der Waals surface area contributed by atoms with Crippen molar-refractivity contribution in [3.63, 3.8) is 0 Å². The summed E-state index contributed by atoms with van der Waals surface area (Å²) in [7, 11) is 0. The van der Waals surface area contributed by atoms with Crippen molar-refractivity contribution in [1.82, 2.24) is 10.2 Å². The Labute approximate surface area is 132 Å². The number of aromatic nitrogens is 2. The normalized spacial score (nSPS) is 17.8. The molecule has 1 aliphatic rings. The minimum atomic E-state index is 0.129. The Bertz CT molecular complexity index is 601. The third-order valence-electron chi connectivity index (χ3n) is 3.18. The van der Waals surface area contributed by atoms with E-state index < -0.39 is 0 Å². The summed E-state index contributed by atoms with van der Waals surface area (Å²) >= 11 is 3.17. The first-order valence-corrected chi connectivity index (χ1v) is 8.85. The standard InChI is InChI=1S/C15H18N2O2S2/c1-10(2)19-14-16-17-15(21-14)20-9-13-12-6-4-3-5-11(12)7-8-18-13/h3-6,10,13H,7-9H2,1-2H3/t13-/m0/s1. The number of hydrogen-bond donors (Lipinski definition) is 0. The van der Waals surface area contributed by atoms with E-state index in [9.17, 15) is 0 Å². The molecule has 0 radical (unpaired) electrons. The zero-order chi connectivity index (χ0) is 14.7. The van der Waals surface area contributed by atoms with Gasteiger partial charge in [-0.2, -0.15) is 0 Å². The summed E-state index contributed by atoms with van der Waals surface area (Å²) in [6.07, 6.45) is 1.27. The van der Waals surface area contributed by atoms with Crippen LogP contribution >= 0.6 is 23.1 Å². The van der Waals surface area contributed by atoms with Gasteiger partial charge in [-0.1, -0.05) is 41.1 Å². The van der Waals surface area contributed by atoms with Gasteiger partial charge in [0.25, 0.3) is 5.19 Å². The smallest absolute Gasteiger partial charge is 0.295 e. The molecule has 0 saturated heterocycles. The molecule has 1 aromatic heterocycles. The molecule has 1 aliphatic heterocycles. The van der Waals surface area contributed by atoms with E-state index in [2.05, 4.69) is 34.5 Å². The lowest BCUT2D eigenvalue weighted by molar-refractivity contribution is 0.0588. The van der Waals surface area contributed by atoms with Gasteiger partial charge >= 0.3 is 0 Å². The fraction of sp³-hybridized carbons (Fsp3) is 0.467. The molecular weight excluding hydrogens is 304 g/mol. The molecule has 0 spiro atoms. The number of thioether (sulfide) groups is 1. The number of fused-ring (bicyclic) bond motifs is 1. The molecule has 21 heavy (non-hydrogen) atoms. The molecule has 0 unspecified atom stereocenters. The molecule has 1 atom stereocenters. The fourth-order valence-electron chi connectivity index (χ4n) is 2.27. The highest BCUT2D eigenvalue weighted by atomic mass is 32.2. The van der Waals surface area contributed by atoms with Crippen LogP contribution in [0.5, 0.6) is 5.19 Å². The Balaban J connectivity index is 1.62. The van der Waals surface area contributed by atoms with E-state index in [1.54, 1.807) is 11.8 Å². The van der Waals surface area contributed by atoms with Crippen molar-refractivity contribution in [2.75, 3.05) is 12.4 Å². The highest BCUT2D eigenvalue weighted by molar-refractivity contribution is 8.01. The van der Waals surface area contributed by atoms with Crippen LogP contribution in [0.4, 0.5) is 0 Å². The quantitative estimate of drug-likeness (QED) is 0.785. The molecule has 2 aromatic rings. The predicted molar refractivity (Wildman–Crippen MR) is 85.2 cm³/mol. The van der Waals surface area contributed by atoms with E-state index in [0.717, 1.165) is 23.1 Å². The Morgan fingerprint density at radius 2 is 2.24 bits per heavy atom. The molecule has 0 fully saturated rings. The van der Waals surface area contributed by atoms with Crippen LogP contribution in [0.2, 0.25) is 0 Å². The average Bonchev–Trinajstić information content (AvgIpc) is 2.92. The lowest BCUT2D eigenvalue weighted by Gasteiger charge is -2.25. The van der Waals surface area contributed by atoms with Crippen LogP contribution in [0, 0.1) is 0 Å². The number of benzene rings is 1. The highest BCUT2D eigenvalue weighted by Gasteiger charge is 2.21. The zero-order valence-electron chi connectivity index (χ0n) is 12.1. The first-order valence-electron chi connectivity index (χ1n) is 7.04. The molecule has 6 heteroatoms. The predicted octanol–water partition coefficient (Wildman–Crippen LogP) is 3.73. The number of ether oxygens (including phenoxy) is 2. The van der Waals surface area contributed by atoms with Crippen molar-refractivity contribution in [1.29, 1.82) is 0 Å². The topological polar surface area (TPSA) is 44.2 Å². The molecule has 0 N–H and O–H groups in total. The average molecular weight is 322 g/mol. The Morgan fingerprint density at radius 1 is 1.38 bits per heavy atom. The van der Waals surface area contributed by atoms with Gasteiger partial charge in [-0.25, -0.2) is 0 Å². The maximum atomic E-state index is 5.90. The monoisotopic (exact) mass is 322 g/mol. The van der Waals surface area contributed by atoms with Crippen molar-refractivity contribution < 1.29 is 9.47 Å². The Kier molecular flexibility index (Phi) is 4.77. The zero-order valence-corrected chi connectivity index (χ0v) is 13.7. The molecule has 0 bridgehead atoms. The van der Waals surface area contributed by atoms with Crippen LogP contribution in [-0.4, -0.2) is 28.7 Å². The molecule has 1 aromatic carbocycles. The van der Waals surface area contributed by atoms with Crippen molar-refractivity contribution in [2.45, 2.75) is 36.8 Å². The SMILES string of the molecule is CC(C)Oc1nnc(SC[C@@H]2OCCc3ccccc32)s1. The molecule has 0 aliphatic carbocycles. The fourth-order valence-corrected chi connectivity index (χ4v) is 4.14. The summed E-state index contributed by atoms with van der Waals surface area (Å²) in [6.45, 7) is 4.77. The van der Waals surface area contributed by atoms with Crippen LogP contribution in [0.25, 0.3) is 0 Å². The lowest BCUT2D eigenvalue weighted by Crippen LogP contribution is -2.17. The number of rotatable bonds is 5. The maximum Gasteiger partial charge on any atom is 0.295 e.